The fraction of sp³-hybridized carbons (Fsp3) is 0.500. The van der Waals surface area contributed by atoms with E-state index in [1.54, 1.807) is 22.4 Å². The summed E-state index contributed by atoms with van der Waals surface area (Å²) in [5.74, 6) is -0.510. The number of rotatable bonds is 9. The second-order valence-corrected chi connectivity index (χ2v) is 14.0. The predicted molar refractivity (Wildman–Crippen MR) is 137 cm³/mol. The van der Waals surface area contributed by atoms with Crippen LogP contribution in [0.4, 0.5) is 0 Å². The Hall–Kier alpha value is -1.98. The first kappa shape index (κ1) is 26.1. The number of thiophene rings is 1. The minimum absolute atomic E-state index is 0.0737. The van der Waals surface area contributed by atoms with Gasteiger partial charge < -0.3 is 21.1 Å². The van der Waals surface area contributed by atoms with Crippen LogP contribution in [0.25, 0.3) is 0 Å². The molecule has 4 rings (SSSR count). The van der Waals surface area contributed by atoms with E-state index in [1.807, 2.05) is 12.1 Å². The molecule has 0 radical (unpaired) electrons. The van der Waals surface area contributed by atoms with Crippen LogP contribution in [-0.2, 0) is 22.8 Å². The van der Waals surface area contributed by atoms with Gasteiger partial charge in [0.25, 0.3) is 11.8 Å². The molecule has 8 nitrogen and oxygen atoms in total. The Morgan fingerprint density at radius 3 is 2.57 bits per heavy atom. The third kappa shape index (κ3) is 4.62. The third-order valence-corrected chi connectivity index (χ3v) is 11.8. The number of carbonyl (C=O) groups is 2. The molecule has 1 aliphatic heterocycles. The SMILES string of the molecule is CC(C)([C@H](O)CN)S(=O)(=O)C1(CN2CCc3c(C(=O)NCc4ccc(Cl)cc4)csc3C2=O)CC1. The van der Waals surface area contributed by atoms with Crippen molar-refractivity contribution in [3.63, 3.8) is 0 Å². The second-order valence-electron chi connectivity index (χ2n) is 9.78. The number of aliphatic hydroxyl groups is 1. The van der Waals surface area contributed by atoms with Gasteiger partial charge in [-0.05, 0) is 56.4 Å². The smallest absolute Gasteiger partial charge is 0.264 e. The summed E-state index contributed by atoms with van der Waals surface area (Å²) in [4.78, 5) is 28.1. The van der Waals surface area contributed by atoms with Crippen molar-refractivity contribution in [1.29, 1.82) is 0 Å². The first-order chi connectivity index (χ1) is 16.4. The van der Waals surface area contributed by atoms with Gasteiger partial charge >= 0.3 is 0 Å². The first-order valence-corrected chi connectivity index (χ1v) is 14.2. The molecule has 0 unspecified atom stereocenters. The summed E-state index contributed by atoms with van der Waals surface area (Å²) in [6.07, 6.45) is 0.157. The predicted octanol–water partition coefficient (Wildman–Crippen LogP) is 2.38. The van der Waals surface area contributed by atoms with E-state index in [0.29, 0.717) is 53.4 Å². The number of benzene rings is 1. The molecular weight excluding hydrogens is 510 g/mol. The monoisotopic (exact) mass is 539 g/mol. The zero-order valence-electron chi connectivity index (χ0n) is 19.7. The fourth-order valence-corrected chi connectivity index (χ4v) is 8.27. The number of aliphatic hydroxyl groups excluding tert-OH is 1. The Morgan fingerprint density at radius 2 is 1.97 bits per heavy atom. The van der Waals surface area contributed by atoms with Crippen LogP contribution in [0.2, 0.25) is 5.02 Å². The van der Waals surface area contributed by atoms with E-state index >= 15 is 0 Å². The quantitative estimate of drug-likeness (QED) is 0.448. The van der Waals surface area contributed by atoms with E-state index in [-0.39, 0.29) is 24.9 Å². The van der Waals surface area contributed by atoms with Gasteiger partial charge in [-0.3, -0.25) is 9.59 Å². The molecule has 4 N–H and O–H groups in total. The molecule has 2 aromatic rings. The normalized spacial score (nSPS) is 18.2. The van der Waals surface area contributed by atoms with E-state index in [2.05, 4.69) is 5.32 Å². The van der Waals surface area contributed by atoms with Crippen molar-refractivity contribution < 1.29 is 23.1 Å². The number of carbonyl (C=O) groups excluding carboxylic acids is 2. The molecule has 2 heterocycles. The molecule has 1 atom stereocenters. The average Bonchev–Trinajstić information content (AvgIpc) is 3.50. The van der Waals surface area contributed by atoms with Gasteiger partial charge in [0.15, 0.2) is 9.84 Å². The molecule has 11 heteroatoms. The van der Waals surface area contributed by atoms with Crippen LogP contribution >= 0.6 is 22.9 Å². The van der Waals surface area contributed by atoms with Gasteiger partial charge in [0.05, 0.1) is 26.0 Å². The zero-order chi connectivity index (χ0) is 25.6. The highest BCUT2D eigenvalue weighted by Gasteiger charge is 2.62. The maximum Gasteiger partial charge on any atom is 0.264 e. The lowest BCUT2D eigenvalue weighted by molar-refractivity contribution is 0.0740. The highest BCUT2D eigenvalue weighted by Crippen LogP contribution is 2.50. The molecular formula is C24H30ClN3O5S2. The van der Waals surface area contributed by atoms with Crippen LogP contribution in [-0.4, -0.2) is 65.5 Å². The Labute approximate surface area is 214 Å². The van der Waals surface area contributed by atoms with Crippen LogP contribution in [0.15, 0.2) is 29.6 Å². The second kappa shape index (κ2) is 9.48. The molecule has 2 amide bonds. The van der Waals surface area contributed by atoms with Crippen LogP contribution in [0.1, 0.15) is 57.8 Å². The van der Waals surface area contributed by atoms with Crippen LogP contribution in [0.3, 0.4) is 0 Å². The minimum atomic E-state index is -3.78. The van der Waals surface area contributed by atoms with E-state index in [9.17, 15) is 23.1 Å². The minimum Gasteiger partial charge on any atom is -0.390 e. The van der Waals surface area contributed by atoms with Crippen LogP contribution in [0.5, 0.6) is 0 Å². The summed E-state index contributed by atoms with van der Waals surface area (Å²) in [6.45, 7) is 3.56. The van der Waals surface area contributed by atoms with E-state index in [0.717, 1.165) is 5.56 Å². The molecule has 0 spiro atoms. The summed E-state index contributed by atoms with van der Waals surface area (Å²) in [6, 6.07) is 7.19. The summed E-state index contributed by atoms with van der Waals surface area (Å²) < 4.78 is 24.4. The first-order valence-electron chi connectivity index (χ1n) is 11.5. The summed E-state index contributed by atoms with van der Waals surface area (Å²) in [7, 11) is -3.78. The largest absolute Gasteiger partial charge is 0.390 e. The summed E-state index contributed by atoms with van der Waals surface area (Å²) in [5, 5.41) is 15.4. The lowest BCUT2D eigenvalue weighted by Crippen LogP contribution is -2.55. The van der Waals surface area contributed by atoms with E-state index in [1.165, 1.54) is 25.2 Å². The van der Waals surface area contributed by atoms with Crippen molar-refractivity contribution in [2.24, 2.45) is 5.73 Å². The highest BCUT2D eigenvalue weighted by atomic mass is 35.5. The molecule has 1 aliphatic carbocycles. The number of amides is 2. The molecule has 1 aromatic heterocycles. The highest BCUT2D eigenvalue weighted by molar-refractivity contribution is 7.94. The zero-order valence-corrected chi connectivity index (χ0v) is 22.1. The van der Waals surface area contributed by atoms with Crippen molar-refractivity contribution >= 4 is 44.6 Å². The summed E-state index contributed by atoms with van der Waals surface area (Å²) in [5.41, 5.74) is 7.64. The number of hydrogen-bond donors (Lipinski definition) is 3. The molecule has 1 saturated carbocycles. The molecule has 1 fully saturated rings. The van der Waals surface area contributed by atoms with Gasteiger partial charge in [-0.1, -0.05) is 23.7 Å². The van der Waals surface area contributed by atoms with Gasteiger partial charge in [-0.25, -0.2) is 8.42 Å². The molecule has 2 aliphatic rings. The Kier molecular flexibility index (Phi) is 7.07. The number of fused-ring (bicyclic) bond motifs is 1. The lowest BCUT2D eigenvalue weighted by Gasteiger charge is -2.37. The van der Waals surface area contributed by atoms with Crippen molar-refractivity contribution in [3.05, 3.63) is 56.2 Å². The van der Waals surface area contributed by atoms with Gasteiger partial charge in [0.1, 0.15) is 0 Å². The number of nitrogens with zero attached hydrogens (tertiary/aromatic N) is 1. The van der Waals surface area contributed by atoms with Crippen molar-refractivity contribution in [2.75, 3.05) is 19.6 Å². The summed E-state index contributed by atoms with van der Waals surface area (Å²) >= 11 is 7.11. The standard InChI is InChI=1S/C24H30ClN3O5S2/c1-23(2,19(29)11-26)35(32,33)24(8-9-24)14-28-10-7-17-18(13-34-20(17)22(28)31)21(30)27-12-15-3-5-16(25)6-4-15/h3-6,13,19,29H,7-12,14,26H2,1-2H3,(H,27,30)/t19-/m1/s1. The maximum atomic E-state index is 13.5. The maximum absolute atomic E-state index is 13.5. The fourth-order valence-electron chi connectivity index (χ4n) is 4.54. The number of hydrogen-bond acceptors (Lipinski definition) is 7. The topological polar surface area (TPSA) is 130 Å². The number of nitrogens with one attached hydrogen (secondary N) is 1. The van der Waals surface area contributed by atoms with Crippen LogP contribution in [0, 0.1) is 0 Å². The van der Waals surface area contributed by atoms with Gasteiger partial charge in [-0.15, -0.1) is 11.3 Å². The molecule has 1 aromatic carbocycles. The molecule has 0 bridgehead atoms. The van der Waals surface area contributed by atoms with Gasteiger partial charge in [-0.2, -0.15) is 0 Å². The molecule has 190 valence electrons. The van der Waals surface area contributed by atoms with E-state index in [4.69, 9.17) is 17.3 Å². The lowest BCUT2D eigenvalue weighted by atomic mass is 10.0. The van der Waals surface area contributed by atoms with Crippen molar-refractivity contribution in [2.45, 2.75) is 55.3 Å². The number of halogens is 1. The Morgan fingerprint density at radius 1 is 1.31 bits per heavy atom. The molecule has 35 heavy (non-hydrogen) atoms. The Balaban J connectivity index is 1.47. The number of sulfone groups is 1. The number of nitrogens with two attached hydrogens (primary N) is 1. The van der Waals surface area contributed by atoms with Gasteiger partial charge in [0, 0.05) is 36.6 Å². The van der Waals surface area contributed by atoms with E-state index < -0.39 is 25.4 Å². The van der Waals surface area contributed by atoms with Crippen LogP contribution < -0.4 is 11.1 Å². The molecule has 0 saturated heterocycles. The van der Waals surface area contributed by atoms with Crippen molar-refractivity contribution in [1.82, 2.24) is 10.2 Å². The Bertz CT molecular complexity index is 1240. The van der Waals surface area contributed by atoms with Gasteiger partial charge in [0.2, 0.25) is 0 Å². The average molecular weight is 540 g/mol. The third-order valence-electron chi connectivity index (χ3n) is 7.19. The van der Waals surface area contributed by atoms with Crippen molar-refractivity contribution in [3.8, 4) is 0 Å².